The summed E-state index contributed by atoms with van der Waals surface area (Å²) < 4.78 is 12.0. The second-order valence-electron chi connectivity index (χ2n) is 4.89. The number of hydrogen-bond acceptors (Lipinski definition) is 7. The Kier molecular flexibility index (Phi) is 4.49. The first-order valence-electron chi connectivity index (χ1n) is 6.81. The fourth-order valence-electron chi connectivity index (χ4n) is 1.84. The normalized spacial score (nSPS) is 16.6. The highest BCUT2D eigenvalue weighted by atomic mass is 32.2. The predicted molar refractivity (Wildman–Crippen MR) is 85.9 cm³/mol. The fourth-order valence-corrected chi connectivity index (χ4v) is 3.82. The Morgan fingerprint density at radius 3 is 2.91 bits per heavy atom. The Bertz CT molecular complexity index is 675. The van der Waals surface area contributed by atoms with Crippen molar-refractivity contribution in [2.24, 2.45) is 0 Å². The molecular formula is C14H15N3O3S2. The molecule has 1 aromatic heterocycles. The van der Waals surface area contributed by atoms with Crippen molar-refractivity contribution in [3.63, 3.8) is 0 Å². The maximum Gasteiger partial charge on any atom is 0.270 e. The number of aromatic nitrogens is 2. The molecule has 116 valence electrons. The van der Waals surface area contributed by atoms with Crippen molar-refractivity contribution in [3.8, 4) is 11.5 Å². The molecule has 22 heavy (non-hydrogen) atoms. The zero-order chi connectivity index (χ0) is 15.5. The molecule has 0 fully saturated rings. The smallest absolute Gasteiger partial charge is 0.270 e. The van der Waals surface area contributed by atoms with Crippen LogP contribution in [0.4, 0.5) is 5.13 Å². The number of benzene rings is 1. The van der Waals surface area contributed by atoms with Gasteiger partial charge in [0.05, 0.1) is 0 Å². The second kappa shape index (κ2) is 6.53. The molecule has 0 saturated heterocycles. The monoisotopic (exact) mass is 337 g/mol. The van der Waals surface area contributed by atoms with Crippen LogP contribution in [0.25, 0.3) is 0 Å². The maximum atomic E-state index is 12.2. The number of hydrogen-bond donors (Lipinski definition) is 1. The molecule has 0 bridgehead atoms. The van der Waals surface area contributed by atoms with Crippen molar-refractivity contribution in [3.05, 3.63) is 24.3 Å². The highest BCUT2D eigenvalue weighted by molar-refractivity contribution is 8.01. The number of ether oxygens (including phenoxy) is 2. The van der Waals surface area contributed by atoms with Gasteiger partial charge in [0, 0.05) is 5.25 Å². The molecule has 0 saturated carbocycles. The van der Waals surface area contributed by atoms with Gasteiger partial charge < -0.3 is 9.47 Å². The lowest BCUT2D eigenvalue weighted by atomic mass is 10.2. The Morgan fingerprint density at radius 1 is 1.36 bits per heavy atom. The van der Waals surface area contributed by atoms with E-state index in [2.05, 4.69) is 29.4 Å². The van der Waals surface area contributed by atoms with E-state index in [-0.39, 0.29) is 12.5 Å². The Hall–Kier alpha value is -1.80. The van der Waals surface area contributed by atoms with Gasteiger partial charge in [-0.3, -0.25) is 10.1 Å². The van der Waals surface area contributed by atoms with Crippen LogP contribution in [0.15, 0.2) is 28.6 Å². The molecule has 8 heteroatoms. The molecule has 2 heterocycles. The third-order valence-corrected chi connectivity index (χ3v) is 4.70. The van der Waals surface area contributed by atoms with E-state index in [4.69, 9.17) is 9.47 Å². The summed E-state index contributed by atoms with van der Waals surface area (Å²) in [4.78, 5) is 12.2. The van der Waals surface area contributed by atoms with E-state index < -0.39 is 6.10 Å². The summed E-state index contributed by atoms with van der Waals surface area (Å²) in [6, 6.07) is 7.28. The molecule has 0 spiro atoms. The van der Waals surface area contributed by atoms with Crippen LogP contribution in [0.1, 0.15) is 13.8 Å². The van der Waals surface area contributed by atoms with Crippen molar-refractivity contribution < 1.29 is 14.3 Å². The minimum atomic E-state index is -0.694. The fraction of sp³-hybridized carbons (Fsp3) is 0.357. The first-order chi connectivity index (χ1) is 10.6. The number of rotatable bonds is 4. The molecule has 1 amide bonds. The first-order valence-corrected chi connectivity index (χ1v) is 8.51. The van der Waals surface area contributed by atoms with Gasteiger partial charge in [-0.2, -0.15) is 0 Å². The molecule has 1 aromatic carbocycles. The molecule has 1 aliphatic rings. The van der Waals surface area contributed by atoms with Crippen molar-refractivity contribution in [1.82, 2.24) is 10.2 Å². The van der Waals surface area contributed by atoms with E-state index in [1.165, 1.54) is 11.3 Å². The number of nitrogens with zero attached hydrogens (tertiary/aromatic N) is 2. The summed E-state index contributed by atoms with van der Waals surface area (Å²) in [5.41, 5.74) is 0. The Labute approximate surface area is 136 Å². The van der Waals surface area contributed by atoms with Crippen LogP contribution < -0.4 is 14.8 Å². The topological polar surface area (TPSA) is 73.3 Å². The Balaban J connectivity index is 1.62. The molecule has 1 N–H and O–H groups in total. The van der Waals surface area contributed by atoms with Crippen LogP contribution in [0.3, 0.4) is 0 Å². The second-order valence-corrected chi connectivity index (χ2v) is 7.69. The van der Waals surface area contributed by atoms with E-state index >= 15 is 0 Å². The van der Waals surface area contributed by atoms with Gasteiger partial charge >= 0.3 is 0 Å². The molecule has 1 atom stereocenters. The molecule has 1 aliphatic heterocycles. The highest BCUT2D eigenvalue weighted by Crippen LogP contribution is 2.32. The van der Waals surface area contributed by atoms with Crippen LogP contribution in [-0.4, -0.2) is 34.1 Å². The van der Waals surface area contributed by atoms with Gasteiger partial charge in [0.15, 0.2) is 15.8 Å². The van der Waals surface area contributed by atoms with E-state index in [1.54, 1.807) is 17.8 Å². The van der Waals surface area contributed by atoms with Gasteiger partial charge in [-0.15, -0.1) is 10.2 Å². The molecule has 0 unspecified atom stereocenters. The average Bonchev–Trinajstić information content (AvgIpc) is 2.93. The summed E-state index contributed by atoms with van der Waals surface area (Å²) in [5.74, 6) is 0.937. The number of anilines is 1. The number of carbonyl (C=O) groups is 1. The third-order valence-electron chi connectivity index (χ3n) is 2.77. The molecule has 0 radical (unpaired) electrons. The van der Waals surface area contributed by atoms with Crippen molar-refractivity contribution in [2.75, 3.05) is 11.9 Å². The molecule has 3 rings (SSSR count). The van der Waals surface area contributed by atoms with E-state index in [0.29, 0.717) is 21.9 Å². The minimum Gasteiger partial charge on any atom is -0.485 e. The quantitative estimate of drug-likeness (QED) is 0.683. The summed E-state index contributed by atoms with van der Waals surface area (Å²) in [6.07, 6.45) is -0.694. The number of para-hydroxylation sites is 2. The minimum absolute atomic E-state index is 0.176. The van der Waals surface area contributed by atoms with Crippen LogP contribution in [0, 0.1) is 0 Å². The number of amides is 1. The standard InChI is InChI=1S/C14H15N3O3S2/c1-8(2)21-14-17-16-13(22-14)15-12(18)11-7-19-9-5-3-4-6-10(9)20-11/h3-6,8,11H,7H2,1-2H3,(H,15,16,18)/t11-/m0/s1. The maximum absolute atomic E-state index is 12.2. The zero-order valence-corrected chi connectivity index (χ0v) is 13.7. The van der Waals surface area contributed by atoms with Gasteiger partial charge in [0.2, 0.25) is 11.2 Å². The summed E-state index contributed by atoms with van der Waals surface area (Å²) >= 11 is 2.96. The van der Waals surface area contributed by atoms with Crippen LogP contribution in [0.2, 0.25) is 0 Å². The lowest BCUT2D eigenvalue weighted by Crippen LogP contribution is -2.40. The average molecular weight is 337 g/mol. The van der Waals surface area contributed by atoms with Crippen molar-refractivity contribution in [1.29, 1.82) is 0 Å². The van der Waals surface area contributed by atoms with Gasteiger partial charge in [-0.25, -0.2) is 0 Å². The van der Waals surface area contributed by atoms with Gasteiger partial charge in [0.25, 0.3) is 5.91 Å². The number of nitrogens with one attached hydrogen (secondary N) is 1. The SMILES string of the molecule is CC(C)Sc1nnc(NC(=O)[C@@H]2COc3ccccc3O2)s1. The summed E-state index contributed by atoms with van der Waals surface area (Å²) in [6.45, 7) is 4.33. The van der Waals surface area contributed by atoms with Crippen molar-refractivity contribution in [2.45, 2.75) is 29.5 Å². The lowest BCUT2D eigenvalue weighted by Gasteiger charge is -2.25. The molecule has 0 aliphatic carbocycles. The third kappa shape index (κ3) is 3.50. The Morgan fingerprint density at radius 2 is 2.14 bits per heavy atom. The van der Waals surface area contributed by atoms with E-state index in [9.17, 15) is 4.79 Å². The van der Waals surface area contributed by atoms with Gasteiger partial charge in [0.1, 0.15) is 6.61 Å². The van der Waals surface area contributed by atoms with Crippen LogP contribution in [0.5, 0.6) is 11.5 Å². The largest absolute Gasteiger partial charge is 0.485 e. The summed E-state index contributed by atoms with van der Waals surface area (Å²) in [5, 5.41) is 11.6. The van der Waals surface area contributed by atoms with Crippen LogP contribution >= 0.6 is 23.1 Å². The molecular weight excluding hydrogens is 322 g/mol. The predicted octanol–water partition coefficient (Wildman–Crippen LogP) is 2.82. The zero-order valence-electron chi connectivity index (χ0n) is 12.1. The van der Waals surface area contributed by atoms with Gasteiger partial charge in [-0.1, -0.05) is 49.1 Å². The number of fused-ring (bicyclic) bond motifs is 1. The van der Waals surface area contributed by atoms with Gasteiger partial charge in [-0.05, 0) is 12.1 Å². The number of carbonyl (C=O) groups excluding carboxylic acids is 1. The lowest BCUT2D eigenvalue weighted by molar-refractivity contribution is -0.125. The van der Waals surface area contributed by atoms with E-state index in [1.807, 2.05) is 18.2 Å². The molecule has 2 aromatic rings. The number of thioether (sulfide) groups is 1. The molecule has 6 nitrogen and oxygen atoms in total. The first kappa shape index (κ1) is 15.1. The van der Waals surface area contributed by atoms with Crippen LogP contribution in [-0.2, 0) is 4.79 Å². The van der Waals surface area contributed by atoms with Crippen molar-refractivity contribution >= 4 is 34.1 Å². The van der Waals surface area contributed by atoms with E-state index in [0.717, 1.165) is 4.34 Å². The summed E-state index contributed by atoms with van der Waals surface area (Å²) in [7, 11) is 0. The highest BCUT2D eigenvalue weighted by Gasteiger charge is 2.28.